The van der Waals surface area contributed by atoms with Crippen molar-refractivity contribution in [1.82, 2.24) is 4.57 Å². The molecule has 0 unspecified atom stereocenters. The molecule has 40 heavy (non-hydrogen) atoms. The van der Waals surface area contributed by atoms with E-state index in [4.69, 9.17) is 0 Å². The van der Waals surface area contributed by atoms with E-state index in [0.29, 0.717) is 5.56 Å². The molecule has 3 heteroatoms. The molecule has 2 aromatic heterocycles. The Morgan fingerprint density at radius 2 is 1.05 bits per heavy atom. The minimum Gasteiger partial charge on any atom is -0.309 e. The second kappa shape index (κ2) is 8.95. The number of para-hydroxylation sites is 2. The molecule has 0 N–H and O–H groups in total. The van der Waals surface area contributed by atoms with E-state index in [9.17, 15) is 5.26 Å². The highest BCUT2D eigenvalue weighted by Gasteiger charge is 2.15. The Morgan fingerprint density at radius 3 is 1.75 bits per heavy atom. The maximum Gasteiger partial charge on any atom is 0.0991 e. The van der Waals surface area contributed by atoms with Crippen molar-refractivity contribution >= 4 is 53.3 Å². The van der Waals surface area contributed by atoms with Crippen LogP contribution in [0.4, 0.5) is 0 Å². The molecule has 0 saturated carbocycles. The van der Waals surface area contributed by atoms with Gasteiger partial charge in [0.2, 0.25) is 0 Å². The summed E-state index contributed by atoms with van der Waals surface area (Å²) in [5.41, 5.74) is 8.71. The molecule has 0 saturated heterocycles. The lowest BCUT2D eigenvalue weighted by atomic mass is 9.96. The molecule has 186 valence electrons. The molecule has 0 aliphatic rings. The third-order valence-corrected chi connectivity index (χ3v) is 8.97. The Kier molecular flexibility index (Phi) is 5.10. The fourth-order valence-corrected chi connectivity index (χ4v) is 7.00. The topological polar surface area (TPSA) is 28.7 Å². The molecule has 0 radical (unpaired) electrons. The summed E-state index contributed by atoms with van der Waals surface area (Å²) in [7, 11) is 0. The number of benzene rings is 6. The Labute approximate surface area is 235 Å². The molecule has 0 atom stereocenters. The maximum absolute atomic E-state index is 9.35. The number of rotatable bonds is 3. The number of aromatic nitrogens is 1. The molecule has 8 aromatic rings. The zero-order chi connectivity index (χ0) is 26.6. The summed E-state index contributed by atoms with van der Waals surface area (Å²) in [5.74, 6) is 0. The Hall–Kier alpha value is -5.17. The van der Waals surface area contributed by atoms with Crippen LogP contribution < -0.4 is 0 Å². The maximum atomic E-state index is 9.35. The first kappa shape index (κ1) is 22.8. The predicted octanol–water partition coefficient (Wildman–Crippen LogP) is 10.4. The van der Waals surface area contributed by atoms with Gasteiger partial charge in [0.15, 0.2) is 0 Å². The average Bonchev–Trinajstić information content (AvgIpc) is 3.56. The van der Waals surface area contributed by atoms with Gasteiger partial charge in [-0.3, -0.25) is 0 Å². The van der Waals surface area contributed by atoms with Crippen LogP contribution >= 0.6 is 11.3 Å². The van der Waals surface area contributed by atoms with Gasteiger partial charge in [-0.05, 0) is 82.9 Å². The fourth-order valence-electron chi connectivity index (χ4n) is 5.92. The normalized spacial score (nSPS) is 11.5. The smallest absolute Gasteiger partial charge is 0.0991 e. The standard InChI is InChI=1S/C37H22N2S/c38-23-24-13-15-25(16-14-24)27-19-28(26-17-18-37-33(22-26)32-9-3-6-12-36(32)40-37)21-29(20-27)39-34-10-4-1-7-30(34)31-8-2-5-11-35(31)39/h1-22H. The van der Waals surface area contributed by atoms with Crippen LogP contribution in [0.3, 0.4) is 0 Å². The molecule has 0 aliphatic carbocycles. The second-order valence-electron chi connectivity index (χ2n) is 10.1. The summed E-state index contributed by atoms with van der Waals surface area (Å²) in [6.07, 6.45) is 0. The van der Waals surface area contributed by atoms with Gasteiger partial charge in [-0.2, -0.15) is 5.26 Å². The average molecular weight is 527 g/mol. The molecular formula is C37H22N2S. The highest BCUT2D eigenvalue weighted by molar-refractivity contribution is 7.25. The molecule has 0 amide bonds. The molecule has 0 bridgehead atoms. The van der Waals surface area contributed by atoms with Crippen molar-refractivity contribution in [3.05, 3.63) is 139 Å². The largest absolute Gasteiger partial charge is 0.309 e. The van der Waals surface area contributed by atoms with Gasteiger partial charge < -0.3 is 4.57 Å². The Bertz CT molecular complexity index is 2220. The Morgan fingerprint density at radius 1 is 0.475 bits per heavy atom. The molecule has 2 nitrogen and oxygen atoms in total. The summed E-state index contributed by atoms with van der Waals surface area (Å²) in [5, 5.41) is 14.4. The third kappa shape index (κ3) is 3.55. The van der Waals surface area contributed by atoms with E-state index < -0.39 is 0 Å². The van der Waals surface area contributed by atoms with Gasteiger partial charge in [0, 0.05) is 36.6 Å². The van der Waals surface area contributed by atoms with Crippen LogP contribution in [-0.4, -0.2) is 4.57 Å². The highest BCUT2D eigenvalue weighted by atomic mass is 32.1. The van der Waals surface area contributed by atoms with Crippen molar-refractivity contribution in [2.24, 2.45) is 0 Å². The van der Waals surface area contributed by atoms with Gasteiger partial charge in [-0.15, -0.1) is 11.3 Å². The lowest BCUT2D eigenvalue weighted by Gasteiger charge is -2.14. The first-order valence-electron chi connectivity index (χ1n) is 13.3. The number of nitriles is 1. The van der Waals surface area contributed by atoms with Crippen LogP contribution in [-0.2, 0) is 0 Å². The predicted molar refractivity (Wildman–Crippen MR) is 169 cm³/mol. The van der Waals surface area contributed by atoms with Crippen molar-refractivity contribution < 1.29 is 0 Å². The third-order valence-electron chi connectivity index (χ3n) is 7.81. The van der Waals surface area contributed by atoms with Crippen LogP contribution in [0.5, 0.6) is 0 Å². The summed E-state index contributed by atoms with van der Waals surface area (Å²) in [4.78, 5) is 0. The zero-order valence-corrected chi connectivity index (χ0v) is 22.3. The van der Waals surface area contributed by atoms with E-state index in [2.05, 4.69) is 120 Å². The summed E-state index contributed by atoms with van der Waals surface area (Å²) in [6.45, 7) is 0. The monoisotopic (exact) mass is 526 g/mol. The van der Waals surface area contributed by atoms with Crippen molar-refractivity contribution in [2.45, 2.75) is 0 Å². The zero-order valence-electron chi connectivity index (χ0n) is 21.5. The number of hydrogen-bond acceptors (Lipinski definition) is 2. The lowest BCUT2D eigenvalue weighted by molar-refractivity contribution is 1.18. The fraction of sp³-hybridized carbons (Fsp3) is 0. The molecule has 8 rings (SSSR count). The van der Waals surface area contributed by atoms with Crippen LogP contribution in [0.25, 0.3) is 69.9 Å². The minimum absolute atomic E-state index is 0.664. The number of thiophene rings is 1. The first-order chi connectivity index (χ1) is 19.8. The van der Waals surface area contributed by atoms with Crippen LogP contribution in [0, 0.1) is 11.3 Å². The lowest BCUT2D eigenvalue weighted by Crippen LogP contribution is -1.96. The Balaban J connectivity index is 1.42. The van der Waals surface area contributed by atoms with E-state index in [1.165, 1.54) is 47.5 Å². The molecular weight excluding hydrogens is 504 g/mol. The van der Waals surface area contributed by atoms with Crippen molar-refractivity contribution in [3.8, 4) is 34.0 Å². The van der Waals surface area contributed by atoms with Crippen molar-refractivity contribution in [2.75, 3.05) is 0 Å². The van der Waals surface area contributed by atoms with Gasteiger partial charge >= 0.3 is 0 Å². The van der Waals surface area contributed by atoms with E-state index in [0.717, 1.165) is 22.4 Å². The summed E-state index contributed by atoms with van der Waals surface area (Å²) < 4.78 is 4.99. The minimum atomic E-state index is 0.664. The van der Waals surface area contributed by atoms with Crippen LogP contribution in [0.15, 0.2) is 133 Å². The van der Waals surface area contributed by atoms with E-state index in [-0.39, 0.29) is 0 Å². The van der Waals surface area contributed by atoms with E-state index >= 15 is 0 Å². The van der Waals surface area contributed by atoms with Crippen LogP contribution in [0.1, 0.15) is 5.56 Å². The SMILES string of the molecule is N#Cc1ccc(-c2cc(-c3ccc4sc5ccccc5c4c3)cc(-n3c4ccccc4c4ccccc43)c2)cc1. The number of fused-ring (bicyclic) bond motifs is 6. The quantitative estimate of drug-likeness (QED) is 0.225. The summed E-state index contributed by atoms with van der Waals surface area (Å²) in [6, 6.07) is 49.7. The molecule has 6 aromatic carbocycles. The molecule has 2 heterocycles. The number of nitrogens with zero attached hydrogens (tertiary/aromatic N) is 2. The van der Waals surface area contributed by atoms with Gasteiger partial charge in [-0.1, -0.05) is 72.8 Å². The van der Waals surface area contributed by atoms with E-state index in [1.54, 1.807) is 0 Å². The van der Waals surface area contributed by atoms with Crippen molar-refractivity contribution in [1.29, 1.82) is 5.26 Å². The molecule has 0 spiro atoms. The van der Waals surface area contributed by atoms with E-state index in [1.807, 2.05) is 35.6 Å². The summed E-state index contributed by atoms with van der Waals surface area (Å²) >= 11 is 1.84. The second-order valence-corrected chi connectivity index (χ2v) is 11.2. The first-order valence-corrected chi connectivity index (χ1v) is 14.1. The molecule has 0 aliphatic heterocycles. The molecule has 0 fully saturated rings. The van der Waals surface area contributed by atoms with Gasteiger partial charge in [-0.25, -0.2) is 0 Å². The van der Waals surface area contributed by atoms with Crippen molar-refractivity contribution in [3.63, 3.8) is 0 Å². The van der Waals surface area contributed by atoms with Gasteiger partial charge in [0.25, 0.3) is 0 Å². The van der Waals surface area contributed by atoms with Gasteiger partial charge in [0.1, 0.15) is 0 Å². The number of hydrogen-bond donors (Lipinski definition) is 0. The van der Waals surface area contributed by atoms with Crippen LogP contribution in [0.2, 0.25) is 0 Å². The van der Waals surface area contributed by atoms with Gasteiger partial charge in [0.05, 0.1) is 22.7 Å². The highest BCUT2D eigenvalue weighted by Crippen LogP contribution is 2.39.